The van der Waals surface area contributed by atoms with Crippen LogP contribution in [0.3, 0.4) is 0 Å². The summed E-state index contributed by atoms with van der Waals surface area (Å²) < 4.78 is 16.4. The van der Waals surface area contributed by atoms with E-state index in [0.717, 1.165) is 6.42 Å². The van der Waals surface area contributed by atoms with Crippen LogP contribution >= 0.6 is 0 Å². The van der Waals surface area contributed by atoms with Gasteiger partial charge in [-0.25, -0.2) is 10.2 Å². The summed E-state index contributed by atoms with van der Waals surface area (Å²) >= 11 is 0. The first kappa shape index (κ1) is 21.7. The number of nitrogens with one attached hydrogen (secondary N) is 3. The van der Waals surface area contributed by atoms with Gasteiger partial charge in [0.25, 0.3) is 5.56 Å². The highest BCUT2D eigenvalue weighted by Gasteiger charge is 2.14. The largest absolute Gasteiger partial charge is 0.493 e. The van der Waals surface area contributed by atoms with Crippen LogP contribution in [0.1, 0.15) is 30.2 Å². The van der Waals surface area contributed by atoms with Crippen molar-refractivity contribution >= 4 is 12.1 Å². The standard InChI is InChI=1S/C19H24N4O6/c1-5-6-29-17-14(27-3)7-12(8-15(17)28-4)10-20-23-16(24)9-13-11(2)21-19(26)22-18(13)25/h7-8,10H,5-6,9H2,1-4H3,(H,23,24)(H2,21,22,25,26)/b20-10-. The second-order valence-corrected chi connectivity index (χ2v) is 6.08. The van der Waals surface area contributed by atoms with Gasteiger partial charge in [0, 0.05) is 16.8 Å². The SMILES string of the molecule is CCCOc1c(OC)cc(/C=N\NC(=O)Cc2c(C)[nH]c(=O)[nH]c2=O)cc1OC. The maximum atomic E-state index is 12.1. The lowest BCUT2D eigenvalue weighted by Crippen LogP contribution is -2.30. The van der Waals surface area contributed by atoms with Crippen molar-refractivity contribution < 1.29 is 19.0 Å². The smallest absolute Gasteiger partial charge is 0.325 e. The van der Waals surface area contributed by atoms with Crippen LogP contribution in [0, 0.1) is 6.92 Å². The van der Waals surface area contributed by atoms with Crippen molar-refractivity contribution in [3.8, 4) is 17.2 Å². The molecule has 0 spiro atoms. The summed E-state index contributed by atoms with van der Waals surface area (Å²) in [5.41, 5.74) is 2.22. The summed E-state index contributed by atoms with van der Waals surface area (Å²) in [6.07, 6.45) is 2.02. The molecule has 2 aromatic rings. The van der Waals surface area contributed by atoms with Crippen molar-refractivity contribution in [2.45, 2.75) is 26.7 Å². The highest BCUT2D eigenvalue weighted by Crippen LogP contribution is 2.38. The lowest BCUT2D eigenvalue weighted by molar-refractivity contribution is -0.120. The first-order valence-electron chi connectivity index (χ1n) is 8.92. The summed E-state index contributed by atoms with van der Waals surface area (Å²) in [6, 6.07) is 3.39. The third kappa shape index (κ3) is 5.71. The third-order valence-corrected chi connectivity index (χ3v) is 3.93. The van der Waals surface area contributed by atoms with Gasteiger partial charge in [-0.05, 0) is 25.5 Å². The van der Waals surface area contributed by atoms with Gasteiger partial charge in [0.05, 0.1) is 33.5 Å². The normalized spacial score (nSPS) is 10.8. The Balaban J connectivity index is 2.12. The Kier molecular flexibility index (Phi) is 7.58. The van der Waals surface area contributed by atoms with Crippen molar-refractivity contribution in [1.82, 2.24) is 15.4 Å². The molecule has 0 aliphatic rings. The number of rotatable bonds is 9. The Morgan fingerprint density at radius 1 is 1.17 bits per heavy atom. The van der Waals surface area contributed by atoms with E-state index >= 15 is 0 Å². The molecule has 1 amide bonds. The zero-order chi connectivity index (χ0) is 21.4. The number of nitrogens with zero attached hydrogens (tertiary/aromatic N) is 1. The maximum absolute atomic E-state index is 12.1. The third-order valence-electron chi connectivity index (χ3n) is 3.93. The molecule has 2 rings (SSSR count). The van der Waals surface area contributed by atoms with Gasteiger partial charge in [0.15, 0.2) is 11.5 Å². The number of hydrazone groups is 1. The minimum atomic E-state index is -0.621. The molecule has 0 atom stereocenters. The quantitative estimate of drug-likeness (QED) is 0.419. The second kappa shape index (κ2) is 10.1. The number of carbonyl (C=O) groups excluding carboxylic acids is 1. The van der Waals surface area contributed by atoms with Gasteiger partial charge in [-0.15, -0.1) is 0 Å². The van der Waals surface area contributed by atoms with Gasteiger partial charge in [-0.3, -0.25) is 14.6 Å². The van der Waals surface area contributed by atoms with E-state index in [1.807, 2.05) is 6.92 Å². The van der Waals surface area contributed by atoms with Crippen LogP contribution < -0.4 is 30.9 Å². The number of hydrogen-bond donors (Lipinski definition) is 3. The summed E-state index contributed by atoms with van der Waals surface area (Å²) in [7, 11) is 3.03. The fourth-order valence-corrected chi connectivity index (χ4v) is 2.54. The minimum Gasteiger partial charge on any atom is -0.493 e. The van der Waals surface area contributed by atoms with E-state index in [9.17, 15) is 14.4 Å². The molecule has 0 aliphatic carbocycles. The molecule has 0 fully saturated rings. The predicted molar refractivity (Wildman–Crippen MR) is 107 cm³/mol. The van der Waals surface area contributed by atoms with E-state index in [1.165, 1.54) is 20.4 Å². The van der Waals surface area contributed by atoms with E-state index in [1.54, 1.807) is 19.1 Å². The fourth-order valence-electron chi connectivity index (χ4n) is 2.54. The zero-order valence-corrected chi connectivity index (χ0v) is 16.8. The van der Waals surface area contributed by atoms with Crippen LogP contribution in [0.4, 0.5) is 0 Å². The number of ether oxygens (including phenoxy) is 3. The minimum absolute atomic E-state index is 0.165. The molecule has 1 aromatic carbocycles. The lowest BCUT2D eigenvalue weighted by Gasteiger charge is -2.14. The summed E-state index contributed by atoms with van der Waals surface area (Å²) in [4.78, 5) is 39.6. The maximum Gasteiger partial charge on any atom is 0.325 e. The summed E-state index contributed by atoms with van der Waals surface area (Å²) in [6.45, 7) is 4.05. The molecule has 0 radical (unpaired) electrons. The molecular formula is C19H24N4O6. The Morgan fingerprint density at radius 3 is 2.38 bits per heavy atom. The molecule has 0 saturated heterocycles. The highest BCUT2D eigenvalue weighted by atomic mass is 16.5. The number of methoxy groups -OCH3 is 2. The van der Waals surface area contributed by atoms with Crippen molar-refractivity contribution in [3.63, 3.8) is 0 Å². The second-order valence-electron chi connectivity index (χ2n) is 6.08. The predicted octanol–water partition coefficient (Wildman–Crippen LogP) is 0.870. The van der Waals surface area contributed by atoms with Crippen LogP contribution in [0.2, 0.25) is 0 Å². The van der Waals surface area contributed by atoms with Gasteiger partial charge in [-0.1, -0.05) is 6.92 Å². The number of aromatic nitrogens is 2. The Hall–Kier alpha value is -3.56. The molecular weight excluding hydrogens is 380 g/mol. The molecule has 0 aliphatic heterocycles. The molecule has 10 nitrogen and oxygen atoms in total. The number of amides is 1. The monoisotopic (exact) mass is 404 g/mol. The molecule has 1 aromatic heterocycles. The number of carbonyl (C=O) groups is 1. The summed E-state index contributed by atoms with van der Waals surface area (Å²) in [5, 5.41) is 3.90. The molecule has 10 heteroatoms. The van der Waals surface area contributed by atoms with Crippen LogP contribution in [0.15, 0.2) is 26.8 Å². The van der Waals surface area contributed by atoms with E-state index in [4.69, 9.17) is 14.2 Å². The first-order valence-corrected chi connectivity index (χ1v) is 8.92. The van der Waals surface area contributed by atoms with Gasteiger partial charge in [0.2, 0.25) is 11.7 Å². The van der Waals surface area contributed by atoms with Crippen LogP contribution in [0.25, 0.3) is 0 Å². The topological polar surface area (TPSA) is 135 Å². The number of aromatic amines is 2. The average molecular weight is 404 g/mol. The van der Waals surface area contributed by atoms with Crippen molar-refractivity contribution in [2.24, 2.45) is 5.10 Å². The van der Waals surface area contributed by atoms with Crippen molar-refractivity contribution in [1.29, 1.82) is 0 Å². The fraction of sp³-hybridized carbons (Fsp3) is 0.368. The summed E-state index contributed by atoms with van der Waals surface area (Å²) in [5.74, 6) is 0.927. The number of aryl methyl sites for hydroxylation is 1. The number of hydrogen-bond acceptors (Lipinski definition) is 7. The van der Waals surface area contributed by atoms with E-state index in [-0.39, 0.29) is 12.0 Å². The number of H-pyrrole nitrogens is 2. The number of benzene rings is 1. The van der Waals surface area contributed by atoms with Gasteiger partial charge < -0.3 is 19.2 Å². The Bertz CT molecular complexity index is 983. The Labute approximate surface area is 166 Å². The van der Waals surface area contributed by atoms with E-state index < -0.39 is 17.2 Å². The molecule has 0 unspecified atom stereocenters. The Morgan fingerprint density at radius 2 is 1.83 bits per heavy atom. The zero-order valence-electron chi connectivity index (χ0n) is 16.8. The molecule has 3 N–H and O–H groups in total. The van der Waals surface area contributed by atoms with Crippen molar-refractivity contribution in [2.75, 3.05) is 20.8 Å². The highest BCUT2D eigenvalue weighted by molar-refractivity contribution is 5.85. The van der Waals surface area contributed by atoms with Crippen LogP contribution in [0.5, 0.6) is 17.2 Å². The average Bonchev–Trinajstić information content (AvgIpc) is 2.68. The van der Waals surface area contributed by atoms with Crippen LogP contribution in [-0.4, -0.2) is 42.9 Å². The molecule has 1 heterocycles. The molecule has 0 bridgehead atoms. The van der Waals surface area contributed by atoms with Crippen molar-refractivity contribution in [3.05, 3.63) is 49.8 Å². The molecule has 29 heavy (non-hydrogen) atoms. The van der Waals surface area contributed by atoms with E-state index in [0.29, 0.717) is 35.1 Å². The van der Waals surface area contributed by atoms with Crippen LogP contribution in [-0.2, 0) is 11.2 Å². The van der Waals surface area contributed by atoms with Gasteiger partial charge in [-0.2, -0.15) is 5.10 Å². The van der Waals surface area contributed by atoms with Gasteiger partial charge in [0.1, 0.15) is 0 Å². The molecule has 0 saturated carbocycles. The first-order chi connectivity index (χ1) is 13.9. The molecule has 156 valence electrons. The van der Waals surface area contributed by atoms with Gasteiger partial charge >= 0.3 is 5.69 Å². The van der Waals surface area contributed by atoms with E-state index in [2.05, 4.69) is 20.5 Å². The lowest BCUT2D eigenvalue weighted by atomic mass is 10.1.